The van der Waals surface area contributed by atoms with Gasteiger partial charge in [0.2, 0.25) is 0 Å². The summed E-state index contributed by atoms with van der Waals surface area (Å²) in [4.78, 5) is 16.5. The van der Waals surface area contributed by atoms with Crippen LogP contribution in [0.3, 0.4) is 0 Å². The molecule has 0 radical (unpaired) electrons. The lowest BCUT2D eigenvalue weighted by molar-refractivity contribution is 0.0778. The maximum atomic E-state index is 15.0. The predicted molar refractivity (Wildman–Crippen MR) is 104 cm³/mol. The predicted octanol–water partition coefficient (Wildman–Crippen LogP) is 5.40. The number of benzene rings is 2. The number of nitrogens with zero attached hydrogens (tertiary/aromatic N) is 2. The van der Waals surface area contributed by atoms with E-state index in [1.165, 1.54) is 35.2 Å². The smallest absolute Gasteiger partial charge is 0.270 e. The summed E-state index contributed by atoms with van der Waals surface area (Å²) in [5.74, 6) is -1.00. The van der Waals surface area contributed by atoms with E-state index in [0.29, 0.717) is 5.69 Å². The molecule has 0 spiro atoms. The van der Waals surface area contributed by atoms with E-state index in [-0.39, 0.29) is 45.1 Å². The maximum absolute atomic E-state index is 15.0. The summed E-state index contributed by atoms with van der Waals surface area (Å²) in [5, 5.41) is 9.36. The molecule has 1 N–H and O–H groups in total. The molecule has 0 atom stereocenters. The summed E-state index contributed by atoms with van der Waals surface area (Å²) in [6, 6.07) is 12.6. The number of hydrogen-bond acceptors (Lipinski definition) is 3. The fraction of sp³-hybridized carbons (Fsp3) is 0.100. The molecule has 142 valence electrons. The van der Waals surface area contributed by atoms with Gasteiger partial charge in [0.15, 0.2) is 11.6 Å². The normalized spacial score (nSPS) is 10.4. The second-order valence-electron chi connectivity index (χ2n) is 5.98. The third-order valence-corrected chi connectivity index (χ3v) is 4.45. The third kappa shape index (κ3) is 4.28. The molecule has 1 aromatic heterocycles. The lowest BCUT2D eigenvalue weighted by Crippen LogP contribution is -2.27. The Balaban J connectivity index is 1.87. The highest BCUT2D eigenvalue weighted by Crippen LogP contribution is 2.35. The number of ether oxygens (including phenoxy) is 1. The molecular weight excluding hydrogens is 404 g/mol. The fourth-order valence-corrected chi connectivity index (χ4v) is 3.00. The van der Waals surface area contributed by atoms with Crippen LogP contribution >= 0.6 is 23.2 Å². The largest absolute Gasteiger partial charge is 0.453 e. The zero-order valence-corrected chi connectivity index (χ0v) is 16.2. The second-order valence-corrected chi connectivity index (χ2v) is 6.83. The Morgan fingerprint density at radius 2 is 2.07 bits per heavy atom. The van der Waals surface area contributed by atoms with E-state index in [1.807, 2.05) is 6.07 Å². The van der Waals surface area contributed by atoms with E-state index in [1.54, 1.807) is 25.4 Å². The van der Waals surface area contributed by atoms with Crippen LogP contribution < -0.4 is 4.74 Å². The molecule has 0 aliphatic heterocycles. The van der Waals surface area contributed by atoms with E-state index in [4.69, 9.17) is 33.2 Å². The van der Waals surface area contributed by atoms with Crippen LogP contribution in [0.1, 0.15) is 21.6 Å². The molecule has 0 aliphatic rings. The van der Waals surface area contributed by atoms with Crippen LogP contribution in [0.25, 0.3) is 0 Å². The topological polar surface area (TPSA) is 69.1 Å². The molecule has 1 heterocycles. The number of aromatic nitrogens is 1. The number of nitrogens with one attached hydrogen (secondary N) is 1. The number of carbonyl (C=O) groups is 1. The fourth-order valence-electron chi connectivity index (χ4n) is 2.59. The highest BCUT2D eigenvalue weighted by molar-refractivity contribution is 6.32. The second kappa shape index (κ2) is 8.34. The van der Waals surface area contributed by atoms with Crippen molar-refractivity contribution in [3.8, 4) is 17.6 Å². The number of nitriles is 1. The lowest BCUT2D eigenvalue weighted by atomic mass is 10.1. The van der Waals surface area contributed by atoms with E-state index in [9.17, 15) is 4.79 Å². The van der Waals surface area contributed by atoms with Crippen LogP contribution in [0, 0.1) is 17.1 Å². The van der Waals surface area contributed by atoms with Crippen molar-refractivity contribution in [3.63, 3.8) is 0 Å². The Labute approximate surface area is 170 Å². The molecular formula is C20H14Cl2FN3O2. The van der Waals surface area contributed by atoms with Crippen LogP contribution in [0.5, 0.6) is 11.5 Å². The summed E-state index contributed by atoms with van der Waals surface area (Å²) < 4.78 is 20.6. The zero-order valence-electron chi connectivity index (χ0n) is 14.7. The molecule has 0 saturated heterocycles. The van der Waals surface area contributed by atoms with E-state index < -0.39 is 5.82 Å². The quantitative estimate of drug-likeness (QED) is 0.604. The van der Waals surface area contributed by atoms with Gasteiger partial charge in [0.1, 0.15) is 11.4 Å². The van der Waals surface area contributed by atoms with Crippen LogP contribution in [-0.2, 0) is 6.54 Å². The number of rotatable bonds is 5. The Morgan fingerprint density at radius 1 is 1.29 bits per heavy atom. The molecule has 28 heavy (non-hydrogen) atoms. The van der Waals surface area contributed by atoms with Gasteiger partial charge in [-0.1, -0.05) is 29.3 Å². The van der Waals surface area contributed by atoms with Crippen LogP contribution in [0.2, 0.25) is 10.0 Å². The molecule has 5 nitrogen and oxygen atoms in total. The lowest BCUT2D eigenvalue weighted by Gasteiger charge is -2.18. The summed E-state index contributed by atoms with van der Waals surface area (Å²) in [5.41, 5.74) is 0.895. The molecule has 0 unspecified atom stereocenters. The summed E-state index contributed by atoms with van der Waals surface area (Å²) in [6.45, 7) is 0.0101. The van der Waals surface area contributed by atoms with Gasteiger partial charge in [-0.3, -0.25) is 4.79 Å². The Bertz CT molecular complexity index is 1060. The number of H-pyrrole nitrogens is 1. The van der Waals surface area contributed by atoms with Crippen molar-refractivity contribution in [2.75, 3.05) is 7.05 Å². The molecule has 0 aliphatic carbocycles. The zero-order chi connectivity index (χ0) is 20.3. The number of hydrogen-bond donors (Lipinski definition) is 1. The third-order valence-electron chi connectivity index (χ3n) is 3.93. The highest BCUT2D eigenvalue weighted by atomic mass is 35.5. The Hall–Kier alpha value is -3.01. The monoisotopic (exact) mass is 417 g/mol. The van der Waals surface area contributed by atoms with Crippen LogP contribution in [-0.4, -0.2) is 22.8 Å². The van der Waals surface area contributed by atoms with Crippen molar-refractivity contribution in [2.45, 2.75) is 6.54 Å². The molecule has 8 heteroatoms. The first-order chi connectivity index (χ1) is 13.4. The molecule has 1 amide bonds. The Kier molecular flexibility index (Phi) is 5.88. The van der Waals surface area contributed by atoms with Gasteiger partial charge in [0.05, 0.1) is 16.7 Å². The van der Waals surface area contributed by atoms with Crippen molar-refractivity contribution >= 4 is 29.1 Å². The van der Waals surface area contributed by atoms with Gasteiger partial charge < -0.3 is 14.6 Å². The Morgan fingerprint density at radius 3 is 2.75 bits per heavy atom. The first kappa shape index (κ1) is 19.7. The van der Waals surface area contributed by atoms with Crippen LogP contribution in [0.4, 0.5) is 4.39 Å². The number of carbonyl (C=O) groups excluding carboxylic acids is 1. The molecule has 0 saturated carbocycles. The van der Waals surface area contributed by atoms with Crippen LogP contribution in [0.15, 0.2) is 48.7 Å². The number of aromatic amines is 1. The standard InChI is InChI=1S/C20H14Cl2FN3O2/c1-26(20(27)17-3-2-6-25-17)11-13-4-5-16(22)19(18(13)23)28-15-8-12(10-24)7-14(21)9-15/h2-9,25H,11H2,1H3. The minimum Gasteiger partial charge on any atom is -0.453 e. The molecule has 0 fully saturated rings. The first-order valence-corrected chi connectivity index (χ1v) is 8.89. The average Bonchev–Trinajstić information content (AvgIpc) is 3.21. The van der Waals surface area contributed by atoms with Gasteiger partial charge in [-0.15, -0.1) is 0 Å². The number of halogens is 3. The van der Waals surface area contributed by atoms with Gasteiger partial charge in [-0.05, 0) is 36.4 Å². The van der Waals surface area contributed by atoms with Crippen molar-refractivity contribution in [2.24, 2.45) is 0 Å². The SMILES string of the molecule is CN(Cc1ccc(Cl)c(Oc2cc(Cl)cc(C#N)c2)c1F)C(=O)c1ccc[nH]1. The summed E-state index contributed by atoms with van der Waals surface area (Å²) in [6.07, 6.45) is 1.64. The van der Waals surface area contributed by atoms with E-state index in [2.05, 4.69) is 4.98 Å². The van der Waals surface area contributed by atoms with Gasteiger partial charge >= 0.3 is 0 Å². The maximum Gasteiger partial charge on any atom is 0.270 e. The average molecular weight is 418 g/mol. The van der Waals surface area contributed by atoms with Crippen molar-refractivity contribution in [1.82, 2.24) is 9.88 Å². The minimum absolute atomic E-state index is 0.0101. The van der Waals surface area contributed by atoms with Gasteiger partial charge in [0.25, 0.3) is 5.91 Å². The van der Waals surface area contributed by atoms with Gasteiger partial charge in [-0.25, -0.2) is 4.39 Å². The summed E-state index contributed by atoms with van der Waals surface area (Å²) >= 11 is 12.1. The summed E-state index contributed by atoms with van der Waals surface area (Å²) in [7, 11) is 1.56. The highest BCUT2D eigenvalue weighted by Gasteiger charge is 2.19. The van der Waals surface area contributed by atoms with E-state index >= 15 is 4.39 Å². The van der Waals surface area contributed by atoms with Gasteiger partial charge in [0, 0.05) is 30.4 Å². The molecule has 2 aromatic carbocycles. The van der Waals surface area contributed by atoms with Gasteiger partial charge in [-0.2, -0.15) is 5.26 Å². The first-order valence-electron chi connectivity index (χ1n) is 8.13. The van der Waals surface area contributed by atoms with Crippen molar-refractivity contribution in [3.05, 3.63) is 81.3 Å². The number of amides is 1. The van der Waals surface area contributed by atoms with Crippen molar-refractivity contribution in [1.29, 1.82) is 5.26 Å². The van der Waals surface area contributed by atoms with E-state index in [0.717, 1.165) is 0 Å². The minimum atomic E-state index is -0.697. The molecule has 3 aromatic rings. The molecule has 0 bridgehead atoms. The molecule has 3 rings (SSSR count). The van der Waals surface area contributed by atoms with Crippen molar-refractivity contribution < 1.29 is 13.9 Å².